The van der Waals surface area contributed by atoms with Crippen LogP contribution in [-0.2, 0) is 9.59 Å². The number of hydrogen-bond acceptors (Lipinski definition) is 4. The van der Waals surface area contributed by atoms with E-state index in [4.69, 9.17) is 39.5 Å². The summed E-state index contributed by atoms with van der Waals surface area (Å²) >= 11 is 18.5. The van der Waals surface area contributed by atoms with Gasteiger partial charge in [-0.1, -0.05) is 59.8 Å². The maximum atomic E-state index is 13.1. The number of aliphatic hydroxyl groups excluding tert-OH is 1. The Kier molecular flexibility index (Phi) is 6.20. The minimum Gasteiger partial charge on any atom is -0.507 e. The van der Waals surface area contributed by atoms with Crippen LogP contribution in [0.4, 0.5) is 0 Å². The van der Waals surface area contributed by atoms with Gasteiger partial charge in [0.15, 0.2) is 5.75 Å². The number of likely N-dealkylation sites (tertiary alicyclic amines) is 1. The predicted octanol–water partition coefficient (Wildman–Crippen LogP) is 6.02. The lowest BCUT2D eigenvalue weighted by Gasteiger charge is -2.30. The second-order valence-corrected chi connectivity index (χ2v) is 8.92. The second-order valence-electron chi connectivity index (χ2n) is 7.67. The van der Waals surface area contributed by atoms with Gasteiger partial charge in [-0.3, -0.25) is 9.59 Å². The van der Waals surface area contributed by atoms with Crippen molar-refractivity contribution in [1.29, 1.82) is 0 Å². The van der Waals surface area contributed by atoms with Crippen molar-refractivity contribution in [2.24, 2.45) is 0 Å². The topological polar surface area (TPSA) is 66.8 Å². The summed E-state index contributed by atoms with van der Waals surface area (Å²) < 4.78 is 5.16. The zero-order valence-corrected chi connectivity index (χ0v) is 19.0. The number of carbonyl (C=O) groups excluding carboxylic acids is 2. The molecule has 0 spiro atoms. The average molecular weight is 481 g/mol. The number of carbonyl (C=O) groups is 2. The Bertz CT molecular complexity index is 1050. The van der Waals surface area contributed by atoms with Crippen molar-refractivity contribution >= 4 is 52.3 Å². The van der Waals surface area contributed by atoms with Crippen LogP contribution >= 0.6 is 34.8 Å². The first-order valence-corrected chi connectivity index (χ1v) is 11.1. The fourth-order valence-electron chi connectivity index (χ4n) is 4.43. The molecule has 0 aromatic heterocycles. The van der Waals surface area contributed by atoms with Gasteiger partial charge < -0.3 is 14.7 Å². The number of aliphatic hydroxyl groups is 1. The van der Waals surface area contributed by atoms with Crippen LogP contribution in [0.2, 0.25) is 15.1 Å². The lowest BCUT2D eigenvalue weighted by atomic mass is 9.94. The maximum absolute atomic E-state index is 13.1. The van der Waals surface area contributed by atoms with Crippen molar-refractivity contribution < 1.29 is 19.4 Å². The van der Waals surface area contributed by atoms with Gasteiger partial charge in [0.2, 0.25) is 0 Å². The van der Waals surface area contributed by atoms with Crippen LogP contribution < -0.4 is 4.74 Å². The molecule has 2 aromatic carbocycles. The molecule has 31 heavy (non-hydrogen) atoms. The molecule has 1 amide bonds. The summed E-state index contributed by atoms with van der Waals surface area (Å²) in [4.78, 5) is 27.8. The summed E-state index contributed by atoms with van der Waals surface area (Å²) in [7, 11) is 1.43. The fourth-order valence-corrected chi connectivity index (χ4v) is 5.20. The minimum absolute atomic E-state index is 0.0107. The number of halogens is 3. The van der Waals surface area contributed by atoms with Gasteiger partial charge in [0.1, 0.15) is 5.76 Å². The number of ether oxygens (including phenoxy) is 1. The molecule has 162 valence electrons. The predicted molar refractivity (Wildman–Crippen MR) is 121 cm³/mol. The molecule has 1 aliphatic heterocycles. The summed E-state index contributed by atoms with van der Waals surface area (Å²) in [5, 5.41) is 12.1. The van der Waals surface area contributed by atoms with Crippen molar-refractivity contribution in [1.82, 2.24) is 4.90 Å². The number of Topliss-reactive ketones (excluding diaryl/α,β-unsaturated/α-hetero) is 1. The van der Waals surface area contributed by atoms with Crippen molar-refractivity contribution in [3.05, 3.63) is 68.2 Å². The molecule has 1 saturated carbocycles. The fraction of sp³-hybridized carbons (Fsp3) is 0.304. The summed E-state index contributed by atoms with van der Waals surface area (Å²) in [6.07, 6.45) is 3.62. The average Bonchev–Trinajstić information content (AvgIpc) is 3.35. The van der Waals surface area contributed by atoms with Crippen molar-refractivity contribution in [2.45, 2.75) is 37.8 Å². The third kappa shape index (κ3) is 3.91. The molecule has 4 rings (SSSR count). The standard InChI is InChI=1S/C23H20Cl3NO4/c1-31-22-16(25)10-13(11-17(22)26)20(28)18-19(12-6-8-14(24)9-7-12)27(23(30)21(18)29)15-4-2-3-5-15/h6-11,15,19,28H,2-5H2,1H3/b20-18+. The van der Waals surface area contributed by atoms with Gasteiger partial charge >= 0.3 is 0 Å². The number of methoxy groups -OCH3 is 1. The summed E-state index contributed by atoms with van der Waals surface area (Å²) in [6, 6.07) is 9.07. The first kappa shape index (κ1) is 22.0. The van der Waals surface area contributed by atoms with E-state index in [-0.39, 0.29) is 38.7 Å². The molecular weight excluding hydrogens is 461 g/mol. The molecule has 1 aliphatic carbocycles. The summed E-state index contributed by atoms with van der Waals surface area (Å²) in [5.74, 6) is -1.41. The number of rotatable bonds is 4. The minimum atomic E-state index is -0.729. The molecule has 0 bridgehead atoms. The monoisotopic (exact) mass is 479 g/mol. The highest BCUT2D eigenvalue weighted by Gasteiger charge is 2.49. The molecule has 2 aliphatic rings. The van der Waals surface area contributed by atoms with Gasteiger partial charge in [0.25, 0.3) is 11.7 Å². The Morgan fingerprint density at radius 3 is 2.16 bits per heavy atom. The van der Waals surface area contributed by atoms with Crippen LogP contribution in [-0.4, -0.2) is 34.8 Å². The van der Waals surface area contributed by atoms with Crippen LogP contribution in [0.5, 0.6) is 5.75 Å². The second kappa shape index (κ2) is 8.73. The third-order valence-electron chi connectivity index (χ3n) is 5.86. The molecule has 1 atom stereocenters. The molecule has 2 aromatic rings. The Morgan fingerprint density at radius 1 is 1.03 bits per heavy atom. The molecule has 1 saturated heterocycles. The Morgan fingerprint density at radius 2 is 1.61 bits per heavy atom. The van der Waals surface area contributed by atoms with Crippen molar-refractivity contribution in [3.63, 3.8) is 0 Å². The van der Waals surface area contributed by atoms with Crippen LogP contribution in [0.1, 0.15) is 42.9 Å². The van der Waals surface area contributed by atoms with E-state index < -0.39 is 17.7 Å². The Hall–Kier alpha value is -2.21. The molecule has 8 heteroatoms. The lowest BCUT2D eigenvalue weighted by molar-refractivity contribution is -0.141. The van der Waals surface area contributed by atoms with Crippen LogP contribution in [0.3, 0.4) is 0 Å². The van der Waals surface area contributed by atoms with Gasteiger partial charge in [-0.15, -0.1) is 0 Å². The SMILES string of the molecule is COc1c(Cl)cc(/C(O)=C2\C(=O)C(=O)N(C3CCCC3)C2c2ccc(Cl)cc2)cc1Cl. The number of nitrogens with zero attached hydrogens (tertiary/aromatic N) is 1. The smallest absolute Gasteiger partial charge is 0.295 e. The number of amides is 1. The zero-order valence-electron chi connectivity index (χ0n) is 16.7. The molecule has 5 nitrogen and oxygen atoms in total. The maximum Gasteiger partial charge on any atom is 0.295 e. The van der Waals surface area contributed by atoms with Gasteiger partial charge in [-0.25, -0.2) is 0 Å². The van der Waals surface area contributed by atoms with Crippen LogP contribution in [0.25, 0.3) is 5.76 Å². The molecule has 1 unspecified atom stereocenters. The first-order chi connectivity index (χ1) is 14.8. The Balaban J connectivity index is 1.90. The van der Waals surface area contributed by atoms with Crippen molar-refractivity contribution in [3.8, 4) is 5.75 Å². The van der Waals surface area contributed by atoms with E-state index in [9.17, 15) is 14.7 Å². The van der Waals surface area contributed by atoms with E-state index in [0.29, 0.717) is 10.6 Å². The van der Waals surface area contributed by atoms with Crippen LogP contribution in [0, 0.1) is 0 Å². The number of hydrogen-bond donors (Lipinski definition) is 1. The lowest BCUT2D eigenvalue weighted by Crippen LogP contribution is -2.37. The highest BCUT2D eigenvalue weighted by molar-refractivity contribution is 6.47. The van der Waals surface area contributed by atoms with E-state index in [2.05, 4.69) is 0 Å². The highest BCUT2D eigenvalue weighted by atomic mass is 35.5. The van der Waals surface area contributed by atoms with Gasteiger partial charge in [-0.05, 0) is 42.7 Å². The molecule has 0 radical (unpaired) electrons. The quantitative estimate of drug-likeness (QED) is 0.330. The van der Waals surface area contributed by atoms with E-state index in [0.717, 1.165) is 25.7 Å². The number of ketones is 1. The van der Waals surface area contributed by atoms with E-state index in [1.807, 2.05) is 0 Å². The zero-order chi connectivity index (χ0) is 22.3. The first-order valence-electron chi connectivity index (χ1n) is 9.92. The van der Waals surface area contributed by atoms with Gasteiger partial charge in [-0.2, -0.15) is 0 Å². The van der Waals surface area contributed by atoms with Gasteiger partial charge in [0.05, 0.1) is 28.8 Å². The summed E-state index contributed by atoms with van der Waals surface area (Å²) in [6.45, 7) is 0. The van der Waals surface area contributed by atoms with Crippen molar-refractivity contribution in [2.75, 3.05) is 7.11 Å². The van der Waals surface area contributed by atoms with Gasteiger partial charge in [0, 0.05) is 16.6 Å². The number of benzene rings is 2. The largest absolute Gasteiger partial charge is 0.507 e. The van der Waals surface area contributed by atoms with E-state index in [1.165, 1.54) is 19.2 Å². The Labute approximate surface area is 195 Å². The summed E-state index contributed by atoms with van der Waals surface area (Å²) in [5.41, 5.74) is 0.943. The molecular formula is C23H20Cl3NO4. The molecule has 2 fully saturated rings. The normalized spacial score (nSPS) is 21.2. The van der Waals surface area contributed by atoms with Crippen LogP contribution in [0.15, 0.2) is 42.0 Å². The van der Waals surface area contributed by atoms with E-state index in [1.54, 1.807) is 29.2 Å². The van der Waals surface area contributed by atoms with E-state index >= 15 is 0 Å². The third-order valence-corrected chi connectivity index (χ3v) is 6.67. The molecule has 1 N–H and O–H groups in total. The highest BCUT2D eigenvalue weighted by Crippen LogP contribution is 2.44. The molecule has 1 heterocycles.